The first-order chi connectivity index (χ1) is 4.75. The van der Waals surface area contributed by atoms with Crippen LogP contribution in [0.2, 0.25) is 0 Å². The van der Waals surface area contributed by atoms with Gasteiger partial charge in [0, 0.05) is 26.7 Å². The molecule has 0 atom stereocenters. The van der Waals surface area contributed by atoms with Crippen molar-refractivity contribution in [1.82, 2.24) is 9.80 Å². The third-order valence-electron chi connectivity index (χ3n) is 1.73. The van der Waals surface area contributed by atoms with Gasteiger partial charge in [-0.3, -0.25) is 0 Å². The molecule has 3 heteroatoms. The summed E-state index contributed by atoms with van der Waals surface area (Å²) in [6, 6.07) is 0.142. The summed E-state index contributed by atoms with van der Waals surface area (Å²) in [5.74, 6) is 0. The van der Waals surface area contributed by atoms with Crippen LogP contribution >= 0.6 is 0 Å². The Bertz CT molecular complexity index is 134. The van der Waals surface area contributed by atoms with E-state index in [4.69, 9.17) is 0 Å². The molecule has 0 unspecified atom stereocenters. The van der Waals surface area contributed by atoms with Crippen molar-refractivity contribution in [1.29, 1.82) is 0 Å². The van der Waals surface area contributed by atoms with Crippen molar-refractivity contribution in [2.75, 3.05) is 26.7 Å². The van der Waals surface area contributed by atoms with Crippen molar-refractivity contribution in [3.63, 3.8) is 0 Å². The summed E-state index contributed by atoms with van der Waals surface area (Å²) < 4.78 is 0. The Hall–Kier alpha value is -0.730. The van der Waals surface area contributed by atoms with Crippen molar-refractivity contribution in [2.45, 2.75) is 6.42 Å². The first-order valence-corrected chi connectivity index (χ1v) is 3.55. The molecule has 1 saturated heterocycles. The first-order valence-electron chi connectivity index (χ1n) is 3.55. The van der Waals surface area contributed by atoms with Gasteiger partial charge in [-0.15, -0.1) is 0 Å². The van der Waals surface area contributed by atoms with Gasteiger partial charge < -0.3 is 9.80 Å². The molecule has 1 fully saturated rings. The van der Waals surface area contributed by atoms with Crippen molar-refractivity contribution < 1.29 is 4.79 Å². The fraction of sp³-hybridized carbons (Fsp3) is 0.714. The zero-order valence-electron chi connectivity index (χ0n) is 6.34. The average molecular weight is 141 g/mol. The molecule has 0 saturated carbocycles. The second-order valence-corrected chi connectivity index (χ2v) is 2.54. The maximum Gasteiger partial charge on any atom is 0.319 e. The molecule has 0 aromatic carbocycles. The van der Waals surface area contributed by atoms with E-state index in [-0.39, 0.29) is 6.03 Å². The molecule has 57 valence electrons. The fourth-order valence-electron chi connectivity index (χ4n) is 1.10. The molecule has 2 amide bonds. The lowest BCUT2D eigenvalue weighted by Gasteiger charge is -2.13. The molecule has 0 aromatic rings. The minimum Gasteiger partial charge on any atom is -0.326 e. The fourth-order valence-corrected chi connectivity index (χ4v) is 1.10. The predicted molar refractivity (Wildman–Crippen MR) is 39.6 cm³/mol. The molecule has 1 aliphatic heterocycles. The van der Waals surface area contributed by atoms with Crippen LogP contribution in [0.15, 0.2) is 0 Å². The van der Waals surface area contributed by atoms with E-state index in [9.17, 15) is 4.79 Å². The second kappa shape index (κ2) is 2.90. The molecule has 3 nitrogen and oxygen atoms in total. The third kappa shape index (κ3) is 1.23. The van der Waals surface area contributed by atoms with Gasteiger partial charge in [0.15, 0.2) is 0 Å². The monoisotopic (exact) mass is 141 g/mol. The topological polar surface area (TPSA) is 23.6 Å². The largest absolute Gasteiger partial charge is 0.326 e. The quantitative estimate of drug-likeness (QED) is 0.551. The Labute approximate surface area is 61.6 Å². The van der Waals surface area contributed by atoms with Crippen LogP contribution in [0.1, 0.15) is 6.42 Å². The molecule has 0 N–H and O–H groups in total. The highest BCUT2D eigenvalue weighted by Crippen LogP contribution is 2.05. The molecule has 1 heterocycles. The van der Waals surface area contributed by atoms with Gasteiger partial charge in [-0.25, -0.2) is 4.79 Å². The molecule has 1 aliphatic rings. The molecular weight excluding hydrogens is 128 g/mol. The molecular formula is C7H13N2O. The maximum absolute atomic E-state index is 11.1. The van der Waals surface area contributed by atoms with Crippen molar-refractivity contribution >= 4 is 6.03 Å². The normalized spacial score (nSPS) is 18.8. The maximum atomic E-state index is 11.1. The summed E-state index contributed by atoms with van der Waals surface area (Å²) in [7, 11) is 1.82. The van der Waals surface area contributed by atoms with Gasteiger partial charge in [0.05, 0.1) is 0 Å². The van der Waals surface area contributed by atoms with E-state index in [1.54, 1.807) is 4.90 Å². The zero-order valence-corrected chi connectivity index (χ0v) is 6.34. The van der Waals surface area contributed by atoms with E-state index in [0.29, 0.717) is 0 Å². The van der Waals surface area contributed by atoms with Crippen LogP contribution in [0.25, 0.3) is 0 Å². The van der Waals surface area contributed by atoms with E-state index >= 15 is 0 Å². The highest BCUT2D eigenvalue weighted by molar-refractivity contribution is 5.76. The van der Waals surface area contributed by atoms with Gasteiger partial charge in [0.2, 0.25) is 0 Å². The summed E-state index contributed by atoms with van der Waals surface area (Å²) in [6.45, 7) is 6.22. The van der Waals surface area contributed by atoms with Gasteiger partial charge >= 0.3 is 6.03 Å². The Morgan fingerprint density at radius 2 is 2.30 bits per heavy atom. The molecule has 0 spiro atoms. The van der Waals surface area contributed by atoms with E-state index in [2.05, 4.69) is 6.92 Å². The van der Waals surface area contributed by atoms with Crippen LogP contribution in [0.4, 0.5) is 4.79 Å². The van der Waals surface area contributed by atoms with Crippen molar-refractivity contribution in [3.05, 3.63) is 6.92 Å². The van der Waals surface area contributed by atoms with Gasteiger partial charge in [0.1, 0.15) is 0 Å². The molecule has 0 bridgehead atoms. The number of rotatable bonds is 2. The Kier molecular flexibility index (Phi) is 2.14. The summed E-state index contributed by atoms with van der Waals surface area (Å²) in [4.78, 5) is 14.7. The number of carbonyl (C=O) groups is 1. The van der Waals surface area contributed by atoms with Crippen LogP contribution in [0.5, 0.6) is 0 Å². The minimum atomic E-state index is 0.142. The average Bonchev–Trinajstić information content (AvgIpc) is 2.20. The van der Waals surface area contributed by atoms with Crippen molar-refractivity contribution in [2.24, 2.45) is 0 Å². The predicted octanol–water partition coefficient (Wildman–Crippen LogP) is 0.578. The van der Waals surface area contributed by atoms with Crippen LogP contribution in [-0.2, 0) is 0 Å². The number of nitrogens with zero attached hydrogens (tertiary/aromatic N) is 2. The number of carbonyl (C=O) groups excluding carboxylic acids is 1. The van der Waals surface area contributed by atoms with E-state index < -0.39 is 0 Å². The molecule has 1 rings (SSSR count). The molecule has 0 aliphatic carbocycles. The van der Waals surface area contributed by atoms with Crippen LogP contribution < -0.4 is 0 Å². The summed E-state index contributed by atoms with van der Waals surface area (Å²) >= 11 is 0. The Balaban J connectivity index is 2.41. The smallest absolute Gasteiger partial charge is 0.319 e. The minimum absolute atomic E-state index is 0.142. The van der Waals surface area contributed by atoms with Crippen LogP contribution in [-0.4, -0.2) is 42.5 Å². The van der Waals surface area contributed by atoms with Crippen LogP contribution in [0, 0.1) is 6.92 Å². The molecule has 1 radical (unpaired) electrons. The Morgan fingerprint density at radius 3 is 2.70 bits per heavy atom. The second-order valence-electron chi connectivity index (χ2n) is 2.54. The number of hydrogen-bond donors (Lipinski definition) is 0. The van der Waals surface area contributed by atoms with E-state index in [1.807, 2.05) is 11.9 Å². The van der Waals surface area contributed by atoms with Crippen molar-refractivity contribution in [3.8, 4) is 0 Å². The number of hydrogen-bond acceptors (Lipinski definition) is 1. The van der Waals surface area contributed by atoms with E-state index in [0.717, 1.165) is 26.1 Å². The first kappa shape index (κ1) is 7.38. The standard InChI is InChI=1S/C7H13N2O/c1-3-4-9-6-5-8(2)7(9)10/h1,3-6H2,2H3. The lowest BCUT2D eigenvalue weighted by atomic mass is 10.4. The van der Waals surface area contributed by atoms with E-state index in [1.165, 1.54) is 0 Å². The third-order valence-corrected chi connectivity index (χ3v) is 1.73. The van der Waals surface area contributed by atoms with Crippen LogP contribution in [0.3, 0.4) is 0 Å². The zero-order chi connectivity index (χ0) is 7.56. The highest BCUT2D eigenvalue weighted by atomic mass is 16.2. The highest BCUT2D eigenvalue weighted by Gasteiger charge is 2.23. The number of urea groups is 1. The summed E-state index contributed by atoms with van der Waals surface area (Å²) in [5, 5.41) is 0. The summed E-state index contributed by atoms with van der Waals surface area (Å²) in [6.07, 6.45) is 0.805. The number of amides is 2. The van der Waals surface area contributed by atoms with Gasteiger partial charge in [0.25, 0.3) is 0 Å². The SMILES string of the molecule is [CH2]CCN1CCN(C)C1=O. The Morgan fingerprint density at radius 1 is 1.60 bits per heavy atom. The van der Waals surface area contributed by atoms with Gasteiger partial charge in [-0.05, 0) is 6.42 Å². The molecule has 10 heavy (non-hydrogen) atoms. The number of likely N-dealkylation sites (N-methyl/N-ethyl adjacent to an activating group) is 1. The summed E-state index contributed by atoms with van der Waals surface area (Å²) in [5.41, 5.74) is 0. The molecule has 0 aromatic heterocycles. The lowest BCUT2D eigenvalue weighted by molar-refractivity contribution is 0.199. The van der Waals surface area contributed by atoms with Gasteiger partial charge in [-0.2, -0.15) is 0 Å². The lowest BCUT2D eigenvalue weighted by Crippen LogP contribution is -2.29. The van der Waals surface area contributed by atoms with Gasteiger partial charge in [-0.1, -0.05) is 6.92 Å².